The number of hydrogen-bond acceptors (Lipinski definition) is 6. The van der Waals surface area contributed by atoms with Crippen molar-refractivity contribution in [3.63, 3.8) is 0 Å². The van der Waals surface area contributed by atoms with Gasteiger partial charge in [0, 0.05) is 24.0 Å². The second-order valence-corrected chi connectivity index (χ2v) is 9.02. The summed E-state index contributed by atoms with van der Waals surface area (Å²) >= 11 is 1.37. The van der Waals surface area contributed by atoms with Crippen LogP contribution in [-0.4, -0.2) is 49.9 Å². The van der Waals surface area contributed by atoms with Crippen molar-refractivity contribution in [2.75, 3.05) is 31.6 Å². The number of carbonyl (C=O) groups excluding carboxylic acids is 1. The minimum absolute atomic E-state index is 0.173. The Morgan fingerprint density at radius 3 is 2.46 bits per heavy atom. The van der Waals surface area contributed by atoms with Crippen LogP contribution in [0.3, 0.4) is 0 Å². The highest BCUT2D eigenvalue weighted by atomic mass is 32.2. The lowest BCUT2D eigenvalue weighted by Crippen LogP contribution is -2.40. The van der Waals surface area contributed by atoms with E-state index in [-0.39, 0.29) is 10.8 Å². The van der Waals surface area contributed by atoms with Crippen LogP contribution in [0, 0.1) is 0 Å². The van der Waals surface area contributed by atoms with Gasteiger partial charge in [-0.1, -0.05) is 13.8 Å². The fourth-order valence-electron chi connectivity index (χ4n) is 2.49. The highest BCUT2D eigenvalue weighted by molar-refractivity contribution is 7.89. The molecule has 1 aromatic heterocycles. The third-order valence-corrected chi connectivity index (χ3v) is 6.75. The topological polar surface area (TPSA) is 88.6 Å². The molecule has 1 fully saturated rings. The number of benzene rings is 1. The zero-order valence-electron chi connectivity index (χ0n) is 14.6. The SMILES string of the molecule is CC(C)c1csc(NC(=O)c2ccc(S(=O)(=O)N3CCOCC3)cc2)n1. The Morgan fingerprint density at radius 2 is 1.88 bits per heavy atom. The summed E-state index contributed by atoms with van der Waals surface area (Å²) in [5.74, 6) is -0.0217. The maximum Gasteiger partial charge on any atom is 0.257 e. The lowest BCUT2D eigenvalue weighted by molar-refractivity contribution is 0.0730. The molecule has 140 valence electrons. The molecule has 0 bridgehead atoms. The molecule has 0 saturated carbocycles. The highest BCUT2D eigenvalue weighted by Gasteiger charge is 2.26. The van der Waals surface area contributed by atoms with Crippen LogP contribution in [-0.2, 0) is 14.8 Å². The molecule has 2 aromatic rings. The van der Waals surface area contributed by atoms with Crippen LogP contribution < -0.4 is 5.32 Å². The summed E-state index contributed by atoms with van der Waals surface area (Å²) in [7, 11) is -3.56. The van der Waals surface area contributed by atoms with Crippen LogP contribution in [0.5, 0.6) is 0 Å². The second-order valence-electron chi connectivity index (χ2n) is 6.23. The first kappa shape index (κ1) is 19.0. The van der Waals surface area contributed by atoms with E-state index < -0.39 is 10.0 Å². The molecule has 0 aliphatic carbocycles. The first-order chi connectivity index (χ1) is 12.4. The van der Waals surface area contributed by atoms with Crippen LogP contribution in [0.1, 0.15) is 35.8 Å². The van der Waals surface area contributed by atoms with Crippen LogP contribution in [0.25, 0.3) is 0 Å². The first-order valence-corrected chi connectivity index (χ1v) is 10.6. The van der Waals surface area contributed by atoms with Gasteiger partial charge in [-0.15, -0.1) is 11.3 Å². The van der Waals surface area contributed by atoms with Gasteiger partial charge in [-0.05, 0) is 30.2 Å². The molecule has 7 nitrogen and oxygen atoms in total. The molecule has 1 saturated heterocycles. The van der Waals surface area contributed by atoms with Gasteiger partial charge in [-0.25, -0.2) is 13.4 Å². The van der Waals surface area contributed by atoms with Gasteiger partial charge in [-0.2, -0.15) is 4.31 Å². The largest absolute Gasteiger partial charge is 0.379 e. The normalized spacial score (nSPS) is 16.0. The number of amides is 1. The minimum Gasteiger partial charge on any atom is -0.379 e. The van der Waals surface area contributed by atoms with Crippen LogP contribution >= 0.6 is 11.3 Å². The molecule has 1 aliphatic rings. The van der Waals surface area contributed by atoms with Gasteiger partial charge in [0.25, 0.3) is 5.91 Å². The maximum atomic E-state index is 12.6. The third-order valence-electron chi connectivity index (χ3n) is 4.06. The summed E-state index contributed by atoms with van der Waals surface area (Å²) in [6, 6.07) is 5.95. The zero-order chi connectivity index (χ0) is 18.7. The predicted octanol–water partition coefficient (Wildman–Crippen LogP) is 2.54. The molecule has 26 heavy (non-hydrogen) atoms. The first-order valence-electron chi connectivity index (χ1n) is 8.32. The Bertz CT molecular complexity index is 870. The van der Waals surface area contributed by atoms with Crippen LogP contribution in [0.15, 0.2) is 34.5 Å². The van der Waals surface area contributed by atoms with Gasteiger partial charge in [0.15, 0.2) is 5.13 Å². The summed E-state index contributed by atoms with van der Waals surface area (Å²) in [6.45, 7) is 5.54. The molecule has 3 rings (SSSR count). The number of thiazole rings is 1. The van der Waals surface area contributed by atoms with Crippen molar-refractivity contribution < 1.29 is 17.9 Å². The number of rotatable bonds is 5. The molecule has 0 radical (unpaired) electrons. The van der Waals surface area contributed by atoms with Crippen molar-refractivity contribution in [2.45, 2.75) is 24.7 Å². The average molecular weight is 396 g/mol. The summed E-state index contributed by atoms with van der Waals surface area (Å²) < 4.78 is 31.8. The number of nitrogens with one attached hydrogen (secondary N) is 1. The standard InChI is InChI=1S/C17H21N3O4S2/c1-12(2)15-11-25-17(18-15)19-16(21)13-3-5-14(6-4-13)26(22,23)20-7-9-24-10-8-20/h3-6,11-12H,7-10H2,1-2H3,(H,18,19,21). The summed E-state index contributed by atoms with van der Waals surface area (Å²) in [6.07, 6.45) is 0. The quantitative estimate of drug-likeness (QED) is 0.840. The smallest absolute Gasteiger partial charge is 0.257 e. The fraction of sp³-hybridized carbons (Fsp3) is 0.412. The Kier molecular flexibility index (Phi) is 5.71. The van der Waals surface area contributed by atoms with Crippen molar-refractivity contribution in [2.24, 2.45) is 0 Å². The molecule has 2 heterocycles. The maximum absolute atomic E-state index is 12.6. The van der Waals surface area contributed by atoms with Gasteiger partial charge in [-0.3, -0.25) is 10.1 Å². The Morgan fingerprint density at radius 1 is 1.23 bits per heavy atom. The summed E-state index contributed by atoms with van der Waals surface area (Å²) in [4.78, 5) is 16.9. The van der Waals surface area contributed by atoms with E-state index in [1.165, 1.54) is 39.9 Å². The van der Waals surface area contributed by atoms with E-state index in [1.54, 1.807) is 0 Å². The third kappa shape index (κ3) is 4.12. The van der Waals surface area contributed by atoms with Gasteiger partial charge < -0.3 is 4.74 Å². The number of sulfonamides is 1. The highest BCUT2D eigenvalue weighted by Crippen LogP contribution is 2.22. The lowest BCUT2D eigenvalue weighted by atomic mass is 10.2. The van der Waals surface area contributed by atoms with Gasteiger partial charge in [0.1, 0.15) is 0 Å². The monoisotopic (exact) mass is 395 g/mol. The van der Waals surface area contributed by atoms with Gasteiger partial charge in [0.05, 0.1) is 23.8 Å². The van der Waals surface area contributed by atoms with E-state index in [1.807, 2.05) is 19.2 Å². The number of ether oxygens (including phenoxy) is 1. The molecule has 0 unspecified atom stereocenters. The number of nitrogens with zero attached hydrogens (tertiary/aromatic N) is 2. The van der Waals surface area contributed by atoms with Crippen molar-refractivity contribution in [3.05, 3.63) is 40.9 Å². The van der Waals surface area contributed by atoms with Crippen LogP contribution in [0.2, 0.25) is 0 Å². The minimum atomic E-state index is -3.56. The van der Waals surface area contributed by atoms with Crippen molar-refractivity contribution in [1.29, 1.82) is 0 Å². The Hall–Kier alpha value is -1.81. The molecule has 1 aliphatic heterocycles. The molecule has 9 heteroatoms. The predicted molar refractivity (Wildman–Crippen MR) is 100 cm³/mol. The van der Waals surface area contributed by atoms with E-state index in [2.05, 4.69) is 10.3 Å². The number of morpholine rings is 1. The van der Waals surface area contributed by atoms with Gasteiger partial charge >= 0.3 is 0 Å². The molecule has 0 atom stereocenters. The number of anilines is 1. The van der Waals surface area contributed by atoms with E-state index >= 15 is 0 Å². The zero-order valence-corrected chi connectivity index (χ0v) is 16.3. The van der Waals surface area contributed by atoms with E-state index in [9.17, 15) is 13.2 Å². The molecular formula is C17H21N3O4S2. The summed E-state index contributed by atoms with van der Waals surface area (Å²) in [5, 5.41) is 5.19. The summed E-state index contributed by atoms with van der Waals surface area (Å²) in [5.41, 5.74) is 1.31. The van der Waals surface area contributed by atoms with Gasteiger partial charge in [0.2, 0.25) is 10.0 Å². The average Bonchev–Trinajstić information content (AvgIpc) is 3.11. The molecule has 0 spiro atoms. The molecule has 1 aromatic carbocycles. The van der Waals surface area contributed by atoms with E-state index in [0.29, 0.717) is 42.9 Å². The fourth-order valence-corrected chi connectivity index (χ4v) is 4.77. The number of carbonyl (C=O) groups is 1. The Balaban J connectivity index is 1.71. The number of aromatic nitrogens is 1. The van der Waals surface area contributed by atoms with Crippen LogP contribution in [0.4, 0.5) is 5.13 Å². The van der Waals surface area contributed by atoms with E-state index in [0.717, 1.165) is 5.69 Å². The van der Waals surface area contributed by atoms with Crippen molar-refractivity contribution in [3.8, 4) is 0 Å². The van der Waals surface area contributed by atoms with Crippen molar-refractivity contribution in [1.82, 2.24) is 9.29 Å². The lowest BCUT2D eigenvalue weighted by Gasteiger charge is -2.26. The number of hydrogen-bond donors (Lipinski definition) is 1. The second kappa shape index (κ2) is 7.83. The molecule has 1 amide bonds. The molecular weight excluding hydrogens is 374 g/mol. The van der Waals surface area contributed by atoms with E-state index in [4.69, 9.17) is 4.74 Å². The van der Waals surface area contributed by atoms with Crippen molar-refractivity contribution >= 4 is 32.4 Å². The molecule has 1 N–H and O–H groups in total. The Labute approximate surface area is 157 Å².